The molecule has 19 heavy (non-hydrogen) atoms. The Morgan fingerprint density at radius 1 is 1.42 bits per heavy atom. The van der Waals surface area contributed by atoms with E-state index in [-0.39, 0.29) is 5.01 Å². The molecule has 0 fully saturated rings. The van der Waals surface area contributed by atoms with E-state index >= 15 is 0 Å². The molecular weight excluding hydrogens is 274 g/mol. The lowest BCUT2D eigenvalue weighted by Gasteiger charge is -2.02. The topological polar surface area (TPSA) is 56.0 Å². The Labute approximate surface area is 111 Å². The Hall–Kier alpha value is -1.89. The Kier molecular flexibility index (Phi) is 3.84. The van der Waals surface area contributed by atoms with Crippen molar-refractivity contribution >= 4 is 17.0 Å². The molecule has 4 nitrogen and oxygen atoms in total. The minimum Gasteiger partial charge on any atom is -0.258 e. The van der Waals surface area contributed by atoms with Crippen LogP contribution in [0.1, 0.15) is 19.0 Å². The fourth-order valence-electron chi connectivity index (χ4n) is 1.67. The van der Waals surface area contributed by atoms with Gasteiger partial charge in [-0.25, -0.2) is 9.37 Å². The van der Waals surface area contributed by atoms with Gasteiger partial charge in [-0.15, -0.1) is 11.3 Å². The molecule has 0 aliphatic carbocycles. The third kappa shape index (κ3) is 2.60. The maximum Gasteiger partial charge on any atom is 0.305 e. The lowest BCUT2D eigenvalue weighted by molar-refractivity contribution is -0.387. The zero-order valence-corrected chi connectivity index (χ0v) is 10.8. The van der Waals surface area contributed by atoms with Gasteiger partial charge in [-0.1, -0.05) is 13.3 Å². The molecule has 1 aromatic carbocycles. The molecule has 0 unspecified atom stereocenters. The molecule has 0 aliphatic heterocycles. The molecule has 0 bridgehead atoms. The predicted molar refractivity (Wildman–Crippen MR) is 68.1 cm³/mol. The second-order valence-electron chi connectivity index (χ2n) is 3.91. The number of hydrogen-bond donors (Lipinski definition) is 0. The van der Waals surface area contributed by atoms with Crippen LogP contribution >= 0.6 is 11.3 Å². The molecule has 0 radical (unpaired) electrons. The molecule has 100 valence electrons. The summed E-state index contributed by atoms with van der Waals surface area (Å²) < 4.78 is 27.6. The highest BCUT2D eigenvalue weighted by molar-refractivity contribution is 7.13. The highest BCUT2D eigenvalue weighted by atomic mass is 32.1. The summed E-state index contributed by atoms with van der Waals surface area (Å²) in [6.45, 7) is 1.97. The number of nitro groups is 1. The Morgan fingerprint density at radius 3 is 2.79 bits per heavy atom. The Bertz CT molecular complexity index is 628. The molecule has 0 spiro atoms. The third-order valence-electron chi connectivity index (χ3n) is 2.54. The molecule has 0 saturated carbocycles. The lowest BCUT2D eigenvalue weighted by Crippen LogP contribution is -1.97. The summed E-state index contributed by atoms with van der Waals surface area (Å²) in [5.41, 5.74) is -0.446. The second-order valence-corrected chi connectivity index (χ2v) is 4.76. The van der Waals surface area contributed by atoms with E-state index in [9.17, 15) is 18.9 Å². The van der Waals surface area contributed by atoms with Crippen LogP contribution in [0.5, 0.6) is 0 Å². The van der Waals surface area contributed by atoms with E-state index in [2.05, 4.69) is 4.98 Å². The fourth-order valence-corrected chi connectivity index (χ4v) is 2.56. The molecule has 0 saturated heterocycles. The van der Waals surface area contributed by atoms with E-state index in [4.69, 9.17) is 0 Å². The number of nitro benzene ring substituents is 1. The van der Waals surface area contributed by atoms with Crippen molar-refractivity contribution in [3.8, 4) is 10.6 Å². The zero-order chi connectivity index (χ0) is 14.0. The van der Waals surface area contributed by atoms with Crippen molar-refractivity contribution in [3.63, 3.8) is 0 Å². The SMILES string of the molecule is CCCc1csc(-c2c(F)ccc([N+](=O)[O-])c2F)n1. The molecule has 0 amide bonds. The maximum absolute atomic E-state index is 13.9. The highest BCUT2D eigenvalue weighted by Gasteiger charge is 2.24. The van der Waals surface area contributed by atoms with Crippen molar-refractivity contribution in [2.75, 3.05) is 0 Å². The first-order valence-electron chi connectivity index (χ1n) is 5.61. The summed E-state index contributed by atoms with van der Waals surface area (Å²) in [4.78, 5) is 13.9. The second kappa shape index (κ2) is 5.40. The smallest absolute Gasteiger partial charge is 0.258 e. The summed E-state index contributed by atoms with van der Waals surface area (Å²) in [5, 5.41) is 12.5. The molecule has 2 rings (SSSR count). The van der Waals surface area contributed by atoms with Crippen LogP contribution in [0, 0.1) is 21.7 Å². The molecule has 0 N–H and O–H groups in total. The molecule has 0 aliphatic rings. The first-order chi connectivity index (χ1) is 9.04. The summed E-state index contributed by atoms with van der Waals surface area (Å²) in [5.74, 6) is -2.03. The van der Waals surface area contributed by atoms with Crippen LogP contribution in [-0.2, 0) is 6.42 Å². The first-order valence-corrected chi connectivity index (χ1v) is 6.49. The lowest BCUT2D eigenvalue weighted by atomic mass is 10.1. The number of nitrogens with zero attached hydrogens (tertiary/aromatic N) is 2. The largest absolute Gasteiger partial charge is 0.305 e. The normalized spacial score (nSPS) is 10.7. The number of hydrogen-bond acceptors (Lipinski definition) is 4. The molecular formula is C12H10F2N2O2S. The van der Waals surface area contributed by atoms with Crippen LogP contribution in [0.4, 0.5) is 14.5 Å². The van der Waals surface area contributed by atoms with Gasteiger partial charge >= 0.3 is 5.69 Å². The summed E-state index contributed by atoms with van der Waals surface area (Å²) >= 11 is 1.08. The van der Waals surface area contributed by atoms with Gasteiger partial charge in [0.2, 0.25) is 5.82 Å². The van der Waals surface area contributed by atoms with E-state index in [1.807, 2.05) is 6.92 Å². The van der Waals surface area contributed by atoms with Gasteiger partial charge in [0.25, 0.3) is 0 Å². The average Bonchev–Trinajstić information content (AvgIpc) is 2.77. The monoisotopic (exact) mass is 284 g/mol. The van der Waals surface area contributed by atoms with Gasteiger partial charge in [-0.2, -0.15) is 4.39 Å². The molecule has 7 heteroatoms. The van der Waals surface area contributed by atoms with Gasteiger partial charge in [0.15, 0.2) is 0 Å². The number of halogens is 2. The van der Waals surface area contributed by atoms with E-state index in [1.54, 1.807) is 5.38 Å². The molecule has 1 aromatic heterocycles. The van der Waals surface area contributed by atoms with E-state index in [0.717, 1.165) is 35.6 Å². The van der Waals surface area contributed by atoms with Crippen molar-refractivity contribution in [1.29, 1.82) is 0 Å². The van der Waals surface area contributed by atoms with Crippen LogP contribution < -0.4 is 0 Å². The Balaban J connectivity index is 2.53. The summed E-state index contributed by atoms with van der Waals surface area (Å²) in [7, 11) is 0. The van der Waals surface area contributed by atoms with Crippen molar-refractivity contribution in [2.45, 2.75) is 19.8 Å². The first kappa shape index (κ1) is 13.5. The van der Waals surface area contributed by atoms with Gasteiger partial charge in [-0.05, 0) is 12.5 Å². The van der Waals surface area contributed by atoms with Crippen molar-refractivity contribution in [1.82, 2.24) is 4.98 Å². The number of rotatable bonds is 4. The van der Waals surface area contributed by atoms with Crippen LogP contribution in [0.15, 0.2) is 17.5 Å². The van der Waals surface area contributed by atoms with Crippen LogP contribution in [0.2, 0.25) is 0 Å². The van der Waals surface area contributed by atoms with Crippen molar-refractivity contribution in [3.05, 3.63) is 45.0 Å². The summed E-state index contributed by atoms with van der Waals surface area (Å²) in [6.07, 6.45) is 1.57. The minimum atomic E-state index is -1.18. The van der Waals surface area contributed by atoms with Crippen LogP contribution in [0.25, 0.3) is 10.6 Å². The maximum atomic E-state index is 13.9. The summed E-state index contributed by atoms with van der Waals surface area (Å²) in [6, 6.07) is 1.70. The molecule has 2 aromatic rings. The van der Waals surface area contributed by atoms with Gasteiger partial charge in [0, 0.05) is 11.4 Å². The van der Waals surface area contributed by atoms with E-state index in [1.165, 1.54) is 0 Å². The zero-order valence-electron chi connectivity index (χ0n) is 10.0. The van der Waals surface area contributed by atoms with Crippen LogP contribution in [0.3, 0.4) is 0 Å². The Morgan fingerprint density at radius 2 is 2.16 bits per heavy atom. The fraction of sp³-hybridized carbons (Fsp3) is 0.250. The number of aromatic nitrogens is 1. The average molecular weight is 284 g/mol. The van der Waals surface area contributed by atoms with Gasteiger partial charge in [0.1, 0.15) is 10.8 Å². The van der Waals surface area contributed by atoms with Gasteiger partial charge < -0.3 is 0 Å². The molecule has 0 atom stereocenters. The van der Waals surface area contributed by atoms with Crippen molar-refractivity contribution < 1.29 is 13.7 Å². The standard InChI is InChI=1S/C12H10F2N2O2S/c1-2-3-7-6-19-12(15-7)10-8(13)4-5-9(11(10)14)16(17)18/h4-6H,2-3H2,1H3. The minimum absolute atomic E-state index is 0.127. The van der Waals surface area contributed by atoms with E-state index < -0.39 is 27.8 Å². The number of benzene rings is 1. The van der Waals surface area contributed by atoms with Crippen molar-refractivity contribution in [2.24, 2.45) is 0 Å². The quantitative estimate of drug-likeness (QED) is 0.631. The van der Waals surface area contributed by atoms with Gasteiger partial charge in [-0.3, -0.25) is 10.1 Å². The van der Waals surface area contributed by atoms with Gasteiger partial charge in [0.05, 0.1) is 16.2 Å². The predicted octanol–water partition coefficient (Wildman–Crippen LogP) is 3.95. The highest BCUT2D eigenvalue weighted by Crippen LogP contribution is 2.33. The molecule has 1 heterocycles. The van der Waals surface area contributed by atoms with Crippen LogP contribution in [-0.4, -0.2) is 9.91 Å². The van der Waals surface area contributed by atoms with E-state index in [0.29, 0.717) is 6.42 Å². The number of aryl methyl sites for hydroxylation is 1. The third-order valence-corrected chi connectivity index (χ3v) is 3.45. The number of thiazole rings is 1.